The number of benzene rings is 2. The summed E-state index contributed by atoms with van der Waals surface area (Å²) in [6.45, 7) is 1.58. The van der Waals surface area contributed by atoms with Gasteiger partial charge in [0.1, 0.15) is 29.8 Å². The molecule has 1 aromatic heterocycles. The van der Waals surface area contributed by atoms with E-state index in [1.807, 2.05) is 0 Å². The summed E-state index contributed by atoms with van der Waals surface area (Å²) >= 11 is 0. The highest BCUT2D eigenvalue weighted by Gasteiger charge is 2.33. The molecule has 6 heteroatoms. The molecule has 0 unspecified atom stereocenters. The predicted molar refractivity (Wildman–Crippen MR) is 99.2 cm³/mol. The maximum absolute atomic E-state index is 13.1. The van der Waals surface area contributed by atoms with E-state index in [9.17, 15) is 9.18 Å². The zero-order chi connectivity index (χ0) is 19.1. The molecule has 5 rings (SSSR count). The van der Waals surface area contributed by atoms with Crippen molar-refractivity contribution in [2.24, 2.45) is 0 Å². The predicted octanol–water partition coefficient (Wildman–Crippen LogP) is 4.39. The zero-order valence-corrected chi connectivity index (χ0v) is 14.9. The second kappa shape index (κ2) is 6.65. The summed E-state index contributed by atoms with van der Waals surface area (Å²) in [5.74, 6) is 1.59. The molecule has 2 aliphatic heterocycles. The molecular weight excluding hydrogens is 361 g/mol. The Balaban J connectivity index is 1.42. The molecule has 140 valence electrons. The van der Waals surface area contributed by atoms with Crippen LogP contribution in [-0.2, 0) is 13.1 Å². The fourth-order valence-corrected chi connectivity index (χ4v) is 3.46. The van der Waals surface area contributed by atoms with E-state index in [4.69, 9.17) is 13.9 Å². The number of hydrogen-bond acceptors (Lipinski definition) is 5. The van der Waals surface area contributed by atoms with Gasteiger partial charge < -0.3 is 13.9 Å². The molecule has 28 heavy (non-hydrogen) atoms. The van der Waals surface area contributed by atoms with Crippen LogP contribution in [0.15, 0.2) is 65.0 Å². The van der Waals surface area contributed by atoms with Gasteiger partial charge in [0.2, 0.25) is 5.78 Å². The Kier molecular flexibility index (Phi) is 3.98. The number of carbonyl (C=O) groups excluding carboxylic acids is 1. The molecule has 0 bridgehead atoms. The van der Waals surface area contributed by atoms with Crippen LogP contribution in [0.3, 0.4) is 0 Å². The number of halogens is 1. The summed E-state index contributed by atoms with van der Waals surface area (Å²) in [6.07, 6.45) is 3.14. The van der Waals surface area contributed by atoms with Crippen molar-refractivity contribution >= 4 is 11.9 Å². The Hall–Kier alpha value is -3.38. The van der Waals surface area contributed by atoms with Crippen LogP contribution in [0.1, 0.15) is 27.2 Å². The average Bonchev–Trinajstić information content (AvgIpc) is 3.33. The van der Waals surface area contributed by atoms with Gasteiger partial charge in [0, 0.05) is 19.2 Å². The molecule has 2 aromatic carbocycles. The van der Waals surface area contributed by atoms with E-state index in [1.165, 1.54) is 12.1 Å². The summed E-state index contributed by atoms with van der Waals surface area (Å²) in [5.41, 5.74) is 2.34. The summed E-state index contributed by atoms with van der Waals surface area (Å²) in [5, 5.41) is 0. The first-order valence-corrected chi connectivity index (χ1v) is 8.90. The first-order chi connectivity index (χ1) is 13.7. The minimum absolute atomic E-state index is 0.176. The molecule has 0 atom stereocenters. The molecule has 0 amide bonds. The molecule has 0 spiro atoms. The topological polar surface area (TPSA) is 51.9 Å². The van der Waals surface area contributed by atoms with Gasteiger partial charge in [0.05, 0.1) is 17.4 Å². The fourth-order valence-electron chi connectivity index (χ4n) is 3.46. The Labute approximate surface area is 160 Å². The van der Waals surface area contributed by atoms with Crippen molar-refractivity contribution in [1.82, 2.24) is 4.90 Å². The van der Waals surface area contributed by atoms with E-state index < -0.39 is 0 Å². The van der Waals surface area contributed by atoms with Crippen LogP contribution in [0.4, 0.5) is 4.39 Å². The van der Waals surface area contributed by atoms with E-state index in [1.54, 1.807) is 48.7 Å². The number of carbonyl (C=O) groups is 1. The second-order valence-corrected chi connectivity index (χ2v) is 6.76. The van der Waals surface area contributed by atoms with E-state index in [0.717, 1.165) is 11.1 Å². The van der Waals surface area contributed by atoms with Crippen molar-refractivity contribution in [2.45, 2.75) is 13.1 Å². The van der Waals surface area contributed by atoms with Gasteiger partial charge in [0.25, 0.3) is 0 Å². The number of furan rings is 1. The minimum atomic E-state index is -0.260. The molecule has 0 saturated carbocycles. The summed E-state index contributed by atoms with van der Waals surface area (Å²) in [6, 6.07) is 13.4. The lowest BCUT2D eigenvalue weighted by Gasteiger charge is -2.29. The lowest BCUT2D eigenvalue weighted by Crippen LogP contribution is -2.31. The smallest absolute Gasteiger partial charge is 0.232 e. The molecule has 0 fully saturated rings. The lowest BCUT2D eigenvalue weighted by molar-refractivity contribution is 0.0872. The van der Waals surface area contributed by atoms with E-state index in [-0.39, 0.29) is 17.4 Å². The number of ether oxygens (including phenoxy) is 2. The van der Waals surface area contributed by atoms with Gasteiger partial charge >= 0.3 is 0 Å². The molecule has 0 radical (unpaired) electrons. The van der Waals surface area contributed by atoms with Crippen molar-refractivity contribution in [3.63, 3.8) is 0 Å². The Morgan fingerprint density at radius 1 is 1.11 bits per heavy atom. The summed E-state index contributed by atoms with van der Waals surface area (Å²) in [7, 11) is 0. The fraction of sp³-hybridized carbons (Fsp3) is 0.136. The highest BCUT2D eigenvalue weighted by Crippen LogP contribution is 2.42. The van der Waals surface area contributed by atoms with Crippen LogP contribution in [-0.4, -0.2) is 17.4 Å². The van der Waals surface area contributed by atoms with Gasteiger partial charge in [-0.25, -0.2) is 4.39 Å². The van der Waals surface area contributed by atoms with E-state index in [2.05, 4.69) is 4.90 Å². The van der Waals surface area contributed by atoms with Gasteiger partial charge in [0.15, 0.2) is 5.76 Å². The van der Waals surface area contributed by atoms with Crippen molar-refractivity contribution in [1.29, 1.82) is 0 Å². The molecule has 0 aliphatic carbocycles. The van der Waals surface area contributed by atoms with Gasteiger partial charge in [-0.1, -0.05) is 12.1 Å². The molecule has 0 N–H and O–H groups in total. The van der Waals surface area contributed by atoms with Gasteiger partial charge in [-0.15, -0.1) is 0 Å². The van der Waals surface area contributed by atoms with Crippen LogP contribution in [0.2, 0.25) is 0 Å². The molecule has 3 heterocycles. The highest BCUT2D eigenvalue weighted by molar-refractivity contribution is 6.14. The van der Waals surface area contributed by atoms with Gasteiger partial charge in [-0.2, -0.15) is 0 Å². The largest absolute Gasteiger partial charge is 0.478 e. The quantitative estimate of drug-likeness (QED) is 0.634. The average molecular weight is 377 g/mol. The van der Waals surface area contributed by atoms with E-state index >= 15 is 0 Å². The minimum Gasteiger partial charge on any atom is -0.478 e. The Morgan fingerprint density at radius 3 is 2.75 bits per heavy atom. The number of fused-ring (bicyclic) bond motifs is 3. The van der Waals surface area contributed by atoms with Crippen molar-refractivity contribution < 1.29 is 23.1 Å². The monoisotopic (exact) mass is 377 g/mol. The summed E-state index contributed by atoms with van der Waals surface area (Å²) in [4.78, 5) is 14.8. The van der Waals surface area contributed by atoms with Crippen molar-refractivity contribution in [2.75, 3.05) is 6.73 Å². The number of rotatable bonds is 3. The zero-order valence-electron chi connectivity index (χ0n) is 14.9. The number of hydrogen-bond donors (Lipinski definition) is 0. The van der Waals surface area contributed by atoms with Crippen LogP contribution in [0, 0.1) is 5.82 Å². The maximum Gasteiger partial charge on any atom is 0.232 e. The third-order valence-electron chi connectivity index (χ3n) is 4.82. The van der Waals surface area contributed by atoms with E-state index in [0.29, 0.717) is 42.6 Å². The van der Waals surface area contributed by atoms with Crippen LogP contribution in [0.25, 0.3) is 6.08 Å². The van der Waals surface area contributed by atoms with Crippen molar-refractivity contribution in [3.05, 3.63) is 88.8 Å². The molecule has 5 nitrogen and oxygen atoms in total. The van der Waals surface area contributed by atoms with Gasteiger partial charge in [-0.05, 0) is 42.0 Å². The number of nitrogens with zero attached hydrogens (tertiary/aromatic N) is 1. The standard InChI is InChI=1S/C22H16FNO4/c23-15-5-3-14(4-6-15)11-24-12-18-19(27-13-24)8-7-17-21(25)20(28-22(17)18)10-16-2-1-9-26-16/h1-10H,11-13H2. The van der Waals surface area contributed by atoms with Crippen LogP contribution >= 0.6 is 0 Å². The third-order valence-corrected chi connectivity index (χ3v) is 4.82. The first-order valence-electron chi connectivity index (χ1n) is 8.90. The third kappa shape index (κ3) is 2.97. The maximum atomic E-state index is 13.1. The molecule has 3 aromatic rings. The number of ketones is 1. The number of allylic oxidation sites excluding steroid dienone is 1. The van der Waals surface area contributed by atoms with Crippen LogP contribution < -0.4 is 9.47 Å². The normalized spacial score (nSPS) is 17.2. The van der Waals surface area contributed by atoms with Gasteiger partial charge in [-0.3, -0.25) is 9.69 Å². The second-order valence-electron chi connectivity index (χ2n) is 6.76. The summed E-state index contributed by atoms with van der Waals surface area (Å²) < 4.78 is 30.2. The first kappa shape index (κ1) is 16.8. The van der Waals surface area contributed by atoms with Crippen LogP contribution in [0.5, 0.6) is 11.5 Å². The molecule has 2 aliphatic rings. The Bertz CT molecular complexity index is 1070. The SMILES string of the molecule is O=C1C(=Cc2ccco2)Oc2c1ccc1c2CN(Cc2ccc(F)cc2)CO1. The Morgan fingerprint density at radius 2 is 1.96 bits per heavy atom. The number of Topliss-reactive ketones (excluding diaryl/α,β-unsaturated/α-hetero) is 1. The molecule has 0 saturated heterocycles. The van der Waals surface area contributed by atoms with Crippen molar-refractivity contribution in [3.8, 4) is 11.5 Å². The lowest BCUT2D eigenvalue weighted by atomic mass is 10.0. The highest BCUT2D eigenvalue weighted by atomic mass is 19.1. The molecular formula is C22H16FNO4.